The van der Waals surface area contributed by atoms with Crippen LogP contribution in [0.5, 0.6) is 5.75 Å². The fraction of sp³-hybridized carbons (Fsp3) is 0.0909. The summed E-state index contributed by atoms with van der Waals surface area (Å²) in [5.41, 5.74) is 0.956. The average molecular weight is 202 g/mol. The van der Waals surface area contributed by atoms with Crippen LogP contribution in [0.1, 0.15) is 10.4 Å². The molecule has 0 bridgehead atoms. The van der Waals surface area contributed by atoms with Crippen LogP contribution in [0.25, 0.3) is 10.9 Å². The van der Waals surface area contributed by atoms with Gasteiger partial charge in [0, 0.05) is 24.2 Å². The minimum Gasteiger partial charge on any atom is -0.506 e. The van der Waals surface area contributed by atoms with E-state index in [2.05, 4.69) is 10.3 Å². The van der Waals surface area contributed by atoms with Crippen molar-refractivity contribution in [1.29, 1.82) is 0 Å². The number of pyridine rings is 1. The maximum Gasteiger partial charge on any atom is 0.251 e. The molecule has 0 radical (unpaired) electrons. The van der Waals surface area contributed by atoms with Crippen LogP contribution in [0.4, 0.5) is 0 Å². The van der Waals surface area contributed by atoms with Crippen molar-refractivity contribution >= 4 is 16.8 Å². The normalized spacial score (nSPS) is 10.2. The first-order valence-corrected chi connectivity index (χ1v) is 4.53. The number of aromatic nitrogens is 1. The fourth-order valence-corrected chi connectivity index (χ4v) is 1.49. The summed E-state index contributed by atoms with van der Waals surface area (Å²) in [7, 11) is 1.57. The molecule has 4 heteroatoms. The lowest BCUT2D eigenvalue weighted by molar-refractivity contribution is 0.0964. The molecule has 0 spiro atoms. The number of amides is 1. The van der Waals surface area contributed by atoms with E-state index in [0.717, 1.165) is 0 Å². The number of carbonyl (C=O) groups excluding carboxylic acids is 1. The molecule has 76 valence electrons. The molecule has 4 nitrogen and oxygen atoms in total. The molecule has 2 rings (SSSR count). The van der Waals surface area contributed by atoms with Gasteiger partial charge in [0.15, 0.2) is 0 Å². The molecule has 15 heavy (non-hydrogen) atoms. The Bertz CT molecular complexity index is 523. The van der Waals surface area contributed by atoms with Crippen LogP contribution in [-0.2, 0) is 0 Å². The number of fused-ring (bicyclic) bond motifs is 1. The highest BCUT2D eigenvalue weighted by atomic mass is 16.3. The topological polar surface area (TPSA) is 62.2 Å². The highest BCUT2D eigenvalue weighted by Crippen LogP contribution is 2.25. The monoisotopic (exact) mass is 202 g/mol. The van der Waals surface area contributed by atoms with Crippen molar-refractivity contribution < 1.29 is 9.90 Å². The van der Waals surface area contributed by atoms with Crippen LogP contribution >= 0.6 is 0 Å². The molecule has 2 N–H and O–H groups in total. The second-order valence-electron chi connectivity index (χ2n) is 3.11. The molecule has 0 fully saturated rings. The van der Waals surface area contributed by atoms with Crippen molar-refractivity contribution in [3.05, 3.63) is 36.0 Å². The minimum atomic E-state index is -0.187. The number of carbonyl (C=O) groups is 1. The van der Waals surface area contributed by atoms with E-state index in [1.807, 2.05) is 0 Å². The molecule has 0 saturated carbocycles. The van der Waals surface area contributed by atoms with Crippen molar-refractivity contribution in [2.45, 2.75) is 0 Å². The van der Waals surface area contributed by atoms with Crippen LogP contribution in [0.2, 0.25) is 0 Å². The van der Waals surface area contributed by atoms with Crippen molar-refractivity contribution in [1.82, 2.24) is 10.3 Å². The van der Waals surface area contributed by atoms with Gasteiger partial charge >= 0.3 is 0 Å². The number of benzene rings is 1. The summed E-state index contributed by atoms with van der Waals surface area (Å²) < 4.78 is 0. The zero-order chi connectivity index (χ0) is 10.8. The standard InChI is InChI=1S/C11H10N2O2/c1-12-11(15)8-4-5-9(14)10-7(8)3-2-6-13-10/h2-6,14H,1H3,(H,12,15). The first-order chi connectivity index (χ1) is 7.24. The van der Waals surface area contributed by atoms with E-state index < -0.39 is 0 Å². The number of aromatic hydroxyl groups is 1. The maximum absolute atomic E-state index is 11.5. The molecule has 1 aromatic heterocycles. The highest BCUT2D eigenvalue weighted by Gasteiger charge is 2.10. The van der Waals surface area contributed by atoms with Gasteiger partial charge in [0.05, 0.1) is 0 Å². The van der Waals surface area contributed by atoms with Crippen LogP contribution in [0, 0.1) is 0 Å². The number of phenolic OH excluding ortho intramolecular Hbond substituents is 1. The van der Waals surface area contributed by atoms with Crippen LogP contribution in [-0.4, -0.2) is 23.0 Å². The molecular weight excluding hydrogens is 192 g/mol. The van der Waals surface area contributed by atoms with Gasteiger partial charge in [-0.05, 0) is 18.2 Å². The van der Waals surface area contributed by atoms with Gasteiger partial charge in [-0.2, -0.15) is 0 Å². The quantitative estimate of drug-likeness (QED) is 0.732. The highest BCUT2D eigenvalue weighted by molar-refractivity contribution is 6.07. The van der Waals surface area contributed by atoms with E-state index in [4.69, 9.17) is 0 Å². The molecule has 0 atom stereocenters. The third kappa shape index (κ3) is 1.50. The van der Waals surface area contributed by atoms with Crippen molar-refractivity contribution in [3.63, 3.8) is 0 Å². The Morgan fingerprint density at radius 2 is 2.20 bits per heavy atom. The minimum absolute atomic E-state index is 0.0817. The van der Waals surface area contributed by atoms with Crippen molar-refractivity contribution in [2.75, 3.05) is 7.05 Å². The van der Waals surface area contributed by atoms with Gasteiger partial charge in [0.2, 0.25) is 0 Å². The molecule has 0 aliphatic carbocycles. The first-order valence-electron chi connectivity index (χ1n) is 4.53. The summed E-state index contributed by atoms with van der Waals surface area (Å²) in [5, 5.41) is 12.8. The Labute approximate surface area is 86.6 Å². The number of rotatable bonds is 1. The Morgan fingerprint density at radius 1 is 1.40 bits per heavy atom. The Morgan fingerprint density at radius 3 is 2.93 bits per heavy atom. The van der Waals surface area contributed by atoms with E-state index in [-0.39, 0.29) is 11.7 Å². The molecule has 1 heterocycles. The number of hydrogen-bond acceptors (Lipinski definition) is 3. The van der Waals surface area contributed by atoms with E-state index in [1.54, 1.807) is 31.4 Å². The summed E-state index contributed by atoms with van der Waals surface area (Å²) in [6, 6.07) is 6.54. The summed E-state index contributed by atoms with van der Waals surface area (Å²) >= 11 is 0. The van der Waals surface area contributed by atoms with E-state index >= 15 is 0 Å². The summed E-state index contributed by atoms with van der Waals surface area (Å²) in [5.74, 6) is -0.105. The molecule has 1 aromatic carbocycles. The SMILES string of the molecule is CNC(=O)c1ccc(O)c2ncccc12. The first kappa shape index (κ1) is 9.45. The Hall–Kier alpha value is -2.10. The fourth-order valence-electron chi connectivity index (χ4n) is 1.49. The number of phenols is 1. The number of hydrogen-bond donors (Lipinski definition) is 2. The Balaban J connectivity index is 2.77. The van der Waals surface area contributed by atoms with Crippen molar-refractivity contribution in [2.24, 2.45) is 0 Å². The number of nitrogens with one attached hydrogen (secondary N) is 1. The lowest BCUT2D eigenvalue weighted by Gasteiger charge is -2.05. The van der Waals surface area contributed by atoms with E-state index in [1.165, 1.54) is 6.07 Å². The van der Waals surface area contributed by atoms with E-state index in [9.17, 15) is 9.90 Å². The molecule has 2 aromatic rings. The zero-order valence-electron chi connectivity index (χ0n) is 8.19. The zero-order valence-corrected chi connectivity index (χ0v) is 8.19. The summed E-state index contributed by atoms with van der Waals surface area (Å²) in [6.45, 7) is 0. The smallest absolute Gasteiger partial charge is 0.251 e. The van der Waals surface area contributed by atoms with E-state index in [0.29, 0.717) is 16.5 Å². The predicted octanol–water partition coefficient (Wildman–Crippen LogP) is 1.30. The second-order valence-corrected chi connectivity index (χ2v) is 3.11. The van der Waals surface area contributed by atoms with Gasteiger partial charge in [-0.3, -0.25) is 9.78 Å². The van der Waals surface area contributed by atoms with Gasteiger partial charge in [0.25, 0.3) is 5.91 Å². The van der Waals surface area contributed by atoms with Crippen LogP contribution < -0.4 is 5.32 Å². The maximum atomic E-state index is 11.5. The third-order valence-electron chi connectivity index (χ3n) is 2.22. The molecular formula is C11H10N2O2. The van der Waals surface area contributed by atoms with Gasteiger partial charge < -0.3 is 10.4 Å². The van der Waals surface area contributed by atoms with Crippen LogP contribution in [0.15, 0.2) is 30.5 Å². The van der Waals surface area contributed by atoms with Gasteiger partial charge in [0.1, 0.15) is 11.3 Å². The molecule has 0 aliphatic rings. The van der Waals surface area contributed by atoms with Gasteiger partial charge in [-0.15, -0.1) is 0 Å². The second kappa shape index (κ2) is 3.57. The summed E-state index contributed by atoms with van der Waals surface area (Å²) in [4.78, 5) is 15.5. The lowest BCUT2D eigenvalue weighted by Crippen LogP contribution is -2.18. The Kier molecular flexibility index (Phi) is 2.25. The van der Waals surface area contributed by atoms with Gasteiger partial charge in [-0.25, -0.2) is 0 Å². The molecule has 0 aliphatic heterocycles. The lowest BCUT2D eigenvalue weighted by atomic mass is 10.1. The van der Waals surface area contributed by atoms with Crippen molar-refractivity contribution in [3.8, 4) is 5.75 Å². The summed E-state index contributed by atoms with van der Waals surface area (Å²) in [6.07, 6.45) is 1.58. The van der Waals surface area contributed by atoms with Crippen LogP contribution in [0.3, 0.4) is 0 Å². The predicted molar refractivity (Wildman–Crippen MR) is 56.8 cm³/mol. The average Bonchev–Trinajstić information content (AvgIpc) is 2.29. The number of nitrogens with zero attached hydrogens (tertiary/aromatic N) is 1. The molecule has 1 amide bonds. The third-order valence-corrected chi connectivity index (χ3v) is 2.22. The molecule has 0 saturated heterocycles. The largest absolute Gasteiger partial charge is 0.506 e. The molecule has 0 unspecified atom stereocenters. The van der Waals surface area contributed by atoms with Gasteiger partial charge in [-0.1, -0.05) is 6.07 Å².